The van der Waals surface area contributed by atoms with Gasteiger partial charge in [0, 0.05) is 24.8 Å². The quantitative estimate of drug-likeness (QED) is 0.749. The fourth-order valence-electron chi connectivity index (χ4n) is 2.24. The molecule has 1 unspecified atom stereocenters. The molecular weight excluding hydrogens is 222 g/mol. The molecule has 0 aromatic carbocycles. The second-order valence-electron chi connectivity index (χ2n) is 4.90. The number of anilines is 1. The summed E-state index contributed by atoms with van der Waals surface area (Å²) < 4.78 is 0. The van der Waals surface area contributed by atoms with E-state index in [2.05, 4.69) is 47.8 Å². The van der Waals surface area contributed by atoms with Crippen molar-refractivity contribution in [3.8, 4) is 0 Å². The molecule has 1 aromatic heterocycles. The lowest BCUT2D eigenvalue weighted by Crippen LogP contribution is -2.27. The maximum Gasteiger partial charge on any atom is 0.129 e. The molecule has 0 amide bonds. The van der Waals surface area contributed by atoms with Gasteiger partial charge in [-0.25, -0.2) is 4.98 Å². The van der Waals surface area contributed by atoms with Crippen molar-refractivity contribution in [3.05, 3.63) is 36.5 Å². The summed E-state index contributed by atoms with van der Waals surface area (Å²) in [6.45, 7) is 10.0. The maximum atomic E-state index is 4.51. The highest BCUT2D eigenvalue weighted by Gasteiger charge is 2.29. The zero-order valence-corrected chi connectivity index (χ0v) is 11.4. The predicted molar refractivity (Wildman–Crippen MR) is 76.9 cm³/mol. The lowest BCUT2D eigenvalue weighted by Gasteiger charge is -2.23. The van der Waals surface area contributed by atoms with E-state index in [0.29, 0.717) is 12.1 Å². The molecule has 0 saturated heterocycles. The van der Waals surface area contributed by atoms with Crippen LogP contribution in [0.1, 0.15) is 38.3 Å². The Hall–Kier alpha value is -1.35. The summed E-state index contributed by atoms with van der Waals surface area (Å²) in [7, 11) is 0. The van der Waals surface area contributed by atoms with Crippen molar-refractivity contribution in [2.45, 2.75) is 38.8 Å². The number of hydrogen-bond acceptors (Lipinski definition) is 3. The maximum absolute atomic E-state index is 4.51. The molecular formula is C15H23N3. The van der Waals surface area contributed by atoms with Gasteiger partial charge in [-0.1, -0.05) is 13.0 Å². The van der Waals surface area contributed by atoms with E-state index in [-0.39, 0.29) is 0 Å². The molecule has 1 N–H and O–H groups in total. The van der Waals surface area contributed by atoms with E-state index in [1.165, 1.54) is 18.4 Å². The van der Waals surface area contributed by atoms with Gasteiger partial charge < -0.3 is 10.2 Å². The SMILES string of the molecule is C=CCN(c1cc(C(C)NCC)ccn1)C1CC1. The van der Waals surface area contributed by atoms with Gasteiger partial charge in [0.25, 0.3) is 0 Å². The fourth-order valence-corrected chi connectivity index (χ4v) is 2.24. The van der Waals surface area contributed by atoms with Crippen molar-refractivity contribution < 1.29 is 0 Å². The van der Waals surface area contributed by atoms with Crippen LogP contribution < -0.4 is 10.2 Å². The van der Waals surface area contributed by atoms with Gasteiger partial charge in [0.1, 0.15) is 5.82 Å². The Morgan fingerprint density at radius 1 is 1.61 bits per heavy atom. The number of rotatable bonds is 7. The lowest BCUT2D eigenvalue weighted by atomic mass is 10.1. The summed E-state index contributed by atoms with van der Waals surface area (Å²) >= 11 is 0. The minimum absolute atomic E-state index is 0.376. The van der Waals surface area contributed by atoms with Crippen LogP contribution in [-0.4, -0.2) is 24.1 Å². The minimum atomic E-state index is 0.376. The Kier molecular flexibility index (Phi) is 4.37. The Labute approximate surface area is 110 Å². The van der Waals surface area contributed by atoms with Crippen molar-refractivity contribution in [1.29, 1.82) is 0 Å². The number of hydrogen-bond donors (Lipinski definition) is 1. The zero-order chi connectivity index (χ0) is 13.0. The van der Waals surface area contributed by atoms with Gasteiger partial charge >= 0.3 is 0 Å². The van der Waals surface area contributed by atoms with E-state index in [1.54, 1.807) is 0 Å². The fraction of sp³-hybridized carbons (Fsp3) is 0.533. The van der Waals surface area contributed by atoms with Crippen LogP contribution in [0.3, 0.4) is 0 Å². The van der Waals surface area contributed by atoms with Gasteiger partial charge in [-0.05, 0) is 44.0 Å². The van der Waals surface area contributed by atoms with E-state index in [9.17, 15) is 0 Å². The first-order chi connectivity index (χ1) is 8.76. The molecule has 3 nitrogen and oxygen atoms in total. The standard InChI is InChI=1S/C15H23N3/c1-4-10-18(14-6-7-14)15-11-13(8-9-17-15)12(3)16-5-2/h4,8-9,11-12,14,16H,1,5-7,10H2,2-3H3. The summed E-state index contributed by atoms with van der Waals surface area (Å²) in [4.78, 5) is 6.87. The Balaban J connectivity index is 2.16. The third-order valence-electron chi connectivity index (χ3n) is 3.39. The Morgan fingerprint density at radius 3 is 3.00 bits per heavy atom. The van der Waals surface area contributed by atoms with Crippen molar-refractivity contribution >= 4 is 5.82 Å². The molecule has 1 atom stereocenters. The molecule has 1 heterocycles. The van der Waals surface area contributed by atoms with Crippen LogP contribution in [0.4, 0.5) is 5.82 Å². The van der Waals surface area contributed by atoms with Gasteiger partial charge in [0.05, 0.1) is 0 Å². The van der Waals surface area contributed by atoms with E-state index in [1.807, 2.05) is 12.3 Å². The third-order valence-corrected chi connectivity index (χ3v) is 3.39. The van der Waals surface area contributed by atoms with Crippen LogP contribution >= 0.6 is 0 Å². The van der Waals surface area contributed by atoms with Crippen LogP contribution in [-0.2, 0) is 0 Å². The van der Waals surface area contributed by atoms with Crippen molar-refractivity contribution in [2.24, 2.45) is 0 Å². The van der Waals surface area contributed by atoms with Crippen LogP contribution in [0.15, 0.2) is 31.0 Å². The van der Waals surface area contributed by atoms with E-state index < -0.39 is 0 Å². The van der Waals surface area contributed by atoms with Crippen molar-refractivity contribution in [3.63, 3.8) is 0 Å². The Bertz CT molecular complexity index is 398. The van der Waals surface area contributed by atoms with Gasteiger partial charge in [0.2, 0.25) is 0 Å². The first kappa shape index (κ1) is 13.1. The van der Waals surface area contributed by atoms with Crippen LogP contribution in [0.2, 0.25) is 0 Å². The first-order valence-electron chi connectivity index (χ1n) is 6.83. The van der Waals surface area contributed by atoms with E-state index in [4.69, 9.17) is 0 Å². The zero-order valence-electron chi connectivity index (χ0n) is 11.4. The first-order valence-corrected chi connectivity index (χ1v) is 6.83. The normalized spacial score (nSPS) is 16.3. The summed E-state index contributed by atoms with van der Waals surface area (Å²) in [5, 5.41) is 3.44. The predicted octanol–water partition coefficient (Wildman–Crippen LogP) is 2.91. The van der Waals surface area contributed by atoms with Gasteiger partial charge in [0.15, 0.2) is 0 Å². The summed E-state index contributed by atoms with van der Waals surface area (Å²) in [6.07, 6.45) is 6.43. The average molecular weight is 245 g/mol. The van der Waals surface area contributed by atoms with Gasteiger partial charge in [-0.3, -0.25) is 0 Å². The van der Waals surface area contributed by atoms with Crippen LogP contribution in [0, 0.1) is 0 Å². The summed E-state index contributed by atoms with van der Waals surface area (Å²) in [6, 6.07) is 5.34. The largest absolute Gasteiger partial charge is 0.350 e. The number of aromatic nitrogens is 1. The average Bonchev–Trinajstić information content (AvgIpc) is 3.21. The molecule has 0 aliphatic heterocycles. The molecule has 0 bridgehead atoms. The second-order valence-corrected chi connectivity index (χ2v) is 4.90. The topological polar surface area (TPSA) is 28.2 Å². The molecule has 1 aromatic rings. The number of nitrogens with zero attached hydrogens (tertiary/aromatic N) is 2. The molecule has 98 valence electrons. The van der Waals surface area contributed by atoms with Crippen LogP contribution in [0.25, 0.3) is 0 Å². The number of pyridine rings is 1. The van der Waals surface area contributed by atoms with Crippen molar-refractivity contribution in [2.75, 3.05) is 18.0 Å². The molecule has 0 radical (unpaired) electrons. The van der Waals surface area contributed by atoms with Gasteiger partial charge in [-0.15, -0.1) is 6.58 Å². The molecule has 3 heteroatoms. The summed E-state index contributed by atoms with van der Waals surface area (Å²) in [5.74, 6) is 1.08. The minimum Gasteiger partial charge on any atom is -0.350 e. The van der Waals surface area contributed by atoms with Crippen LogP contribution in [0.5, 0.6) is 0 Å². The molecule has 0 spiro atoms. The molecule has 1 saturated carbocycles. The smallest absolute Gasteiger partial charge is 0.129 e. The number of nitrogens with one attached hydrogen (secondary N) is 1. The van der Waals surface area contributed by atoms with E-state index in [0.717, 1.165) is 18.9 Å². The molecule has 1 aliphatic rings. The molecule has 18 heavy (non-hydrogen) atoms. The van der Waals surface area contributed by atoms with E-state index >= 15 is 0 Å². The third kappa shape index (κ3) is 3.10. The summed E-state index contributed by atoms with van der Waals surface area (Å²) in [5.41, 5.74) is 1.30. The van der Waals surface area contributed by atoms with Crippen molar-refractivity contribution in [1.82, 2.24) is 10.3 Å². The molecule has 2 rings (SSSR count). The Morgan fingerprint density at radius 2 is 2.39 bits per heavy atom. The second kappa shape index (κ2) is 6.01. The highest BCUT2D eigenvalue weighted by atomic mass is 15.2. The van der Waals surface area contributed by atoms with Gasteiger partial charge in [-0.2, -0.15) is 0 Å². The lowest BCUT2D eigenvalue weighted by molar-refractivity contribution is 0.597. The molecule has 1 aliphatic carbocycles. The molecule has 1 fully saturated rings. The monoisotopic (exact) mass is 245 g/mol. The highest BCUT2D eigenvalue weighted by Crippen LogP contribution is 2.31. The highest BCUT2D eigenvalue weighted by molar-refractivity contribution is 5.45.